The van der Waals surface area contributed by atoms with Gasteiger partial charge in [-0.1, -0.05) is 12.1 Å². The van der Waals surface area contributed by atoms with Crippen LogP contribution in [0.3, 0.4) is 0 Å². The van der Waals surface area contributed by atoms with Gasteiger partial charge >= 0.3 is 5.51 Å². The van der Waals surface area contributed by atoms with Crippen molar-refractivity contribution in [1.29, 1.82) is 0 Å². The van der Waals surface area contributed by atoms with E-state index in [1.54, 1.807) is 19.3 Å². The number of benzene rings is 1. The largest absolute Gasteiger partial charge is 0.446 e. The number of hydrogen-bond donors (Lipinski definition) is 2. The summed E-state index contributed by atoms with van der Waals surface area (Å²) in [7, 11) is 1.64. The highest BCUT2D eigenvalue weighted by atomic mass is 32.2. The Morgan fingerprint density at radius 3 is 2.30 bits per heavy atom. The second-order valence-corrected chi connectivity index (χ2v) is 5.56. The van der Waals surface area contributed by atoms with Gasteiger partial charge in [0.15, 0.2) is 0 Å². The zero-order chi connectivity index (χ0) is 17.0. The van der Waals surface area contributed by atoms with E-state index in [2.05, 4.69) is 10.9 Å². The standard InChI is InChI=1S/C14H12F3N3O2S/c1-20-8-4-6-10(20)13(22)19-18-12(21)9-5-2-3-7-11(9)23-14(15,16)17/h2-8H,1H3,(H,18,21)(H,19,22). The number of thioether (sulfide) groups is 1. The molecule has 1 heterocycles. The molecule has 0 unspecified atom stereocenters. The summed E-state index contributed by atoms with van der Waals surface area (Å²) in [6.07, 6.45) is 1.64. The first-order valence-corrected chi connectivity index (χ1v) is 7.16. The number of carbonyl (C=O) groups is 2. The highest BCUT2D eigenvalue weighted by molar-refractivity contribution is 8.00. The molecule has 0 aliphatic rings. The van der Waals surface area contributed by atoms with E-state index in [0.717, 1.165) is 0 Å². The van der Waals surface area contributed by atoms with Crippen LogP contribution in [0.4, 0.5) is 13.2 Å². The molecular formula is C14H12F3N3O2S. The molecule has 0 spiro atoms. The molecule has 5 nitrogen and oxygen atoms in total. The zero-order valence-corrected chi connectivity index (χ0v) is 12.7. The average Bonchev–Trinajstić information content (AvgIpc) is 2.89. The zero-order valence-electron chi connectivity index (χ0n) is 11.8. The molecule has 0 radical (unpaired) electrons. The predicted molar refractivity (Wildman–Crippen MR) is 78.7 cm³/mol. The summed E-state index contributed by atoms with van der Waals surface area (Å²) in [6, 6.07) is 8.45. The monoisotopic (exact) mass is 343 g/mol. The summed E-state index contributed by atoms with van der Waals surface area (Å²) in [5, 5.41) is 0. The number of hydrazine groups is 1. The van der Waals surface area contributed by atoms with Gasteiger partial charge in [0, 0.05) is 18.1 Å². The molecule has 2 amide bonds. The Morgan fingerprint density at radius 2 is 1.70 bits per heavy atom. The van der Waals surface area contributed by atoms with Crippen molar-refractivity contribution < 1.29 is 22.8 Å². The van der Waals surface area contributed by atoms with Crippen LogP contribution in [0.1, 0.15) is 20.8 Å². The SMILES string of the molecule is Cn1cccc1C(=O)NNC(=O)c1ccccc1SC(F)(F)F. The maximum atomic E-state index is 12.5. The molecule has 0 saturated heterocycles. The van der Waals surface area contributed by atoms with E-state index in [1.807, 2.05) is 0 Å². The summed E-state index contributed by atoms with van der Waals surface area (Å²) in [4.78, 5) is 23.6. The molecule has 2 N–H and O–H groups in total. The quantitative estimate of drug-likeness (QED) is 0.665. The molecule has 0 saturated carbocycles. The predicted octanol–water partition coefficient (Wildman–Crippen LogP) is 2.71. The summed E-state index contributed by atoms with van der Waals surface area (Å²) >= 11 is -0.387. The van der Waals surface area contributed by atoms with Gasteiger partial charge in [-0.05, 0) is 36.0 Å². The third-order valence-corrected chi connectivity index (χ3v) is 3.63. The van der Waals surface area contributed by atoms with E-state index in [1.165, 1.54) is 34.9 Å². The Hall–Kier alpha value is -2.42. The molecule has 0 bridgehead atoms. The van der Waals surface area contributed by atoms with E-state index in [-0.39, 0.29) is 22.2 Å². The summed E-state index contributed by atoms with van der Waals surface area (Å²) < 4.78 is 39.0. The van der Waals surface area contributed by atoms with Crippen LogP contribution in [0.5, 0.6) is 0 Å². The van der Waals surface area contributed by atoms with Gasteiger partial charge in [-0.3, -0.25) is 20.4 Å². The third-order valence-electron chi connectivity index (χ3n) is 2.82. The van der Waals surface area contributed by atoms with Gasteiger partial charge in [-0.15, -0.1) is 0 Å². The van der Waals surface area contributed by atoms with Gasteiger partial charge in [0.05, 0.1) is 5.56 Å². The van der Waals surface area contributed by atoms with E-state index in [0.29, 0.717) is 5.69 Å². The Labute approximate surface area is 133 Å². The average molecular weight is 343 g/mol. The van der Waals surface area contributed by atoms with Crippen molar-refractivity contribution in [3.63, 3.8) is 0 Å². The van der Waals surface area contributed by atoms with Crippen LogP contribution in [-0.4, -0.2) is 21.9 Å². The molecule has 122 valence electrons. The number of rotatable bonds is 3. The number of alkyl halides is 3. The van der Waals surface area contributed by atoms with Gasteiger partial charge in [0.25, 0.3) is 11.8 Å². The van der Waals surface area contributed by atoms with Gasteiger partial charge in [-0.2, -0.15) is 13.2 Å². The lowest BCUT2D eigenvalue weighted by Gasteiger charge is -2.12. The smallest absolute Gasteiger partial charge is 0.347 e. The van der Waals surface area contributed by atoms with Gasteiger partial charge in [0.2, 0.25) is 0 Å². The van der Waals surface area contributed by atoms with Crippen molar-refractivity contribution in [2.45, 2.75) is 10.4 Å². The third kappa shape index (κ3) is 4.52. The summed E-state index contributed by atoms with van der Waals surface area (Å²) in [5.74, 6) is -1.41. The van der Waals surface area contributed by atoms with Crippen molar-refractivity contribution in [2.75, 3.05) is 0 Å². The normalized spacial score (nSPS) is 11.1. The number of hydrogen-bond acceptors (Lipinski definition) is 3. The molecule has 2 rings (SSSR count). The van der Waals surface area contributed by atoms with E-state index < -0.39 is 17.3 Å². The molecule has 9 heteroatoms. The van der Waals surface area contributed by atoms with Crippen LogP contribution in [-0.2, 0) is 7.05 Å². The van der Waals surface area contributed by atoms with Crippen LogP contribution in [0.25, 0.3) is 0 Å². The van der Waals surface area contributed by atoms with Crippen LogP contribution < -0.4 is 10.9 Å². The molecule has 1 aromatic carbocycles. The van der Waals surface area contributed by atoms with Crippen LogP contribution in [0.2, 0.25) is 0 Å². The van der Waals surface area contributed by atoms with Crippen molar-refractivity contribution >= 4 is 23.6 Å². The fourth-order valence-corrected chi connectivity index (χ4v) is 2.48. The van der Waals surface area contributed by atoms with E-state index >= 15 is 0 Å². The Bertz CT molecular complexity index is 728. The van der Waals surface area contributed by atoms with Gasteiger partial charge in [-0.25, -0.2) is 0 Å². The second-order valence-electron chi connectivity index (χ2n) is 4.46. The fraction of sp³-hybridized carbons (Fsp3) is 0.143. The number of nitrogens with zero attached hydrogens (tertiary/aromatic N) is 1. The second kappa shape index (κ2) is 6.78. The number of halogens is 3. The van der Waals surface area contributed by atoms with Crippen LogP contribution >= 0.6 is 11.8 Å². The minimum absolute atomic E-state index is 0.179. The summed E-state index contributed by atoms with van der Waals surface area (Å²) in [5.41, 5.74) is -0.123. The highest BCUT2D eigenvalue weighted by Gasteiger charge is 2.31. The number of aryl methyl sites for hydroxylation is 1. The maximum absolute atomic E-state index is 12.5. The van der Waals surface area contributed by atoms with E-state index in [9.17, 15) is 22.8 Å². The highest BCUT2D eigenvalue weighted by Crippen LogP contribution is 2.38. The van der Waals surface area contributed by atoms with Gasteiger partial charge in [0.1, 0.15) is 5.69 Å². The lowest BCUT2D eigenvalue weighted by molar-refractivity contribution is -0.0328. The van der Waals surface area contributed by atoms with Crippen molar-refractivity contribution in [3.8, 4) is 0 Å². The van der Waals surface area contributed by atoms with Crippen LogP contribution in [0, 0.1) is 0 Å². The number of amides is 2. The lowest BCUT2D eigenvalue weighted by Crippen LogP contribution is -2.42. The first kappa shape index (κ1) is 16.9. The number of aromatic nitrogens is 1. The Morgan fingerprint density at radius 1 is 1.04 bits per heavy atom. The topological polar surface area (TPSA) is 63.1 Å². The Kier molecular flexibility index (Phi) is 4.99. The van der Waals surface area contributed by atoms with Crippen molar-refractivity contribution in [2.24, 2.45) is 7.05 Å². The van der Waals surface area contributed by atoms with Crippen LogP contribution in [0.15, 0.2) is 47.5 Å². The molecule has 0 fully saturated rings. The molecule has 0 atom stereocenters. The molecule has 2 aromatic rings. The first-order valence-electron chi connectivity index (χ1n) is 6.35. The molecule has 0 aliphatic carbocycles. The maximum Gasteiger partial charge on any atom is 0.446 e. The molecule has 0 aliphatic heterocycles. The minimum Gasteiger partial charge on any atom is -0.347 e. The van der Waals surface area contributed by atoms with Gasteiger partial charge < -0.3 is 4.57 Å². The minimum atomic E-state index is -4.51. The Balaban J connectivity index is 2.07. The fourth-order valence-electron chi connectivity index (χ4n) is 1.81. The number of carbonyl (C=O) groups excluding carboxylic acids is 2. The molecule has 1 aromatic heterocycles. The molecular weight excluding hydrogens is 331 g/mol. The van der Waals surface area contributed by atoms with Crippen molar-refractivity contribution in [3.05, 3.63) is 53.9 Å². The first-order chi connectivity index (χ1) is 10.8. The van der Waals surface area contributed by atoms with Crippen molar-refractivity contribution in [1.82, 2.24) is 15.4 Å². The summed E-state index contributed by atoms with van der Waals surface area (Å²) in [6.45, 7) is 0. The van der Waals surface area contributed by atoms with E-state index in [4.69, 9.17) is 0 Å². The lowest BCUT2D eigenvalue weighted by atomic mass is 10.2. The number of nitrogens with one attached hydrogen (secondary N) is 2. The molecule has 23 heavy (non-hydrogen) atoms.